The Labute approximate surface area is 378 Å². The third kappa shape index (κ3) is 48.3. The Bertz CT molecular complexity index is 1070. The first-order chi connectivity index (χ1) is 30.0. The van der Waals surface area contributed by atoms with Crippen molar-refractivity contribution in [2.75, 3.05) is 13.2 Å². The highest BCUT2D eigenvalue weighted by molar-refractivity contribution is 5.71. The predicted molar refractivity (Wildman–Crippen MR) is 261 cm³/mol. The van der Waals surface area contributed by atoms with Crippen molar-refractivity contribution in [2.24, 2.45) is 0 Å². The van der Waals surface area contributed by atoms with Crippen LogP contribution in [-0.4, -0.2) is 37.2 Å². The summed E-state index contributed by atoms with van der Waals surface area (Å²) in [6.07, 6.45) is 59.5. The lowest BCUT2D eigenvalue weighted by atomic mass is 10.0. The van der Waals surface area contributed by atoms with E-state index in [0.29, 0.717) is 19.3 Å². The molecule has 0 saturated heterocycles. The topological polar surface area (TPSA) is 78.9 Å². The van der Waals surface area contributed by atoms with Gasteiger partial charge >= 0.3 is 17.9 Å². The fourth-order valence-electron chi connectivity index (χ4n) is 7.44. The monoisotopic (exact) mass is 855 g/mol. The van der Waals surface area contributed by atoms with Crippen LogP contribution in [-0.2, 0) is 28.6 Å². The summed E-state index contributed by atoms with van der Waals surface area (Å²) in [5, 5.41) is 0. The highest BCUT2D eigenvalue weighted by atomic mass is 16.6. The van der Waals surface area contributed by atoms with Crippen molar-refractivity contribution >= 4 is 17.9 Å². The molecule has 0 spiro atoms. The molecule has 6 nitrogen and oxygen atoms in total. The van der Waals surface area contributed by atoms with Gasteiger partial charge in [-0.2, -0.15) is 0 Å². The third-order valence-corrected chi connectivity index (χ3v) is 11.4. The molecule has 0 aromatic carbocycles. The maximum Gasteiger partial charge on any atom is 0.306 e. The highest BCUT2D eigenvalue weighted by Gasteiger charge is 2.19. The van der Waals surface area contributed by atoms with Crippen molar-refractivity contribution in [2.45, 2.75) is 271 Å². The molecule has 0 aromatic rings. The van der Waals surface area contributed by atoms with Crippen molar-refractivity contribution in [3.05, 3.63) is 48.6 Å². The van der Waals surface area contributed by atoms with E-state index in [1.165, 1.54) is 141 Å². The van der Waals surface area contributed by atoms with Gasteiger partial charge in [0.2, 0.25) is 0 Å². The van der Waals surface area contributed by atoms with Crippen LogP contribution in [0.25, 0.3) is 0 Å². The molecular formula is C55H98O6. The van der Waals surface area contributed by atoms with E-state index in [1.807, 2.05) is 0 Å². The standard InChI is InChI=1S/C55H98O6/c1-4-7-10-13-16-19-22-25-27-30-33-36-39-42-45-48-54(57)60-51-52(50-59-53(56)47-44-41-38-35-32-29-24-21-18-15-12-9-6-3)61-55(58)49-46-43-40-37-34-31-28-26-23-20-17-14-11-8-5-2/h9,12,15,18-19,21-22,24,52H,4-8,10-11,13-14,16-17,20,23,25-51H2,1-3H3/b12-9+,18-15+,22-19+,24-21+. The number of ether oxygens (including phenoxy) is 3. The van der Waals surface area contributed by atoms with E-state index >= 15 is 0 Å². The second-order valence-electron chi connectivity index (χ2n) is 17.5. The summed E-state index contributed by atoms with van der Waals surface area (Å²) in [5.74, 6) is -0.896. The highest BCUT2D eigenvalue weighted by Crippen LogP contribution is 2.16. The Morgan fingerprint density at radius 3 is 1.05 bits per heavy atom. The van der Waals surface area contributed by atoms with Gasteiger partial charge in [0.05, 0.1) is 0 Å². The van der Waals surface area contributed by atoms with Crippen LogP contribution in [0.1, 0.15) is 265 Å². The van der Waals surface area contributed by atoms with Gasteiger partial charge in [-0.15, -0.1) is 0 Å². The quantitative estimate of drug-likeness (QED) is 0.0199. The number of rotatable bonds is 47. The van der Waals surface area contributed by atoms with Crippen LogP contribution in [0.5, 0.6) is 0 Å². The van der Waals surface area contributed by atoms with E-state index in [2.05, 4.69) is 69.4 Å². The Hall–Kier alpha value is -2.63. The van der Waals surface area contributed by atoms with Crippen LogP contribution in [0.2, 0.25) is 0 Å². The predicted octanol–water partition coefficient (Wildman–Crippen LogP) is 17.1. The van der Waals surface area contributed by atoms with E-state index in [-0.39, 0.29) is 31.1 Å². The molecule has 0 radical (unpaired) electrons. The number of unbranched alkanes of at least 4 members (excludes halogenated alkanes) is 30. The Balaban J connectivity index is 4.38. The van der Waals surface area contributed by atoms with E-state index in [0.717, 1.165) is 83.5 Å². The van der Waals surface area contributed by atoms with Gasteiger partial charge in [0.15, 0.2) is 6.10 Å². The zero-order chi connectivity index (χ0) is 44.4. The van der Waals surface area contributed by atoms with Gasteiger partial charge in [0, 0.05) is 19.3 Å². The number of hydrogen-bond donors (Lipinski definition) is 0. The molecule has 1 unspecified atom stereocenters. The Kier molecular flexibility index (Phi) is 47.9. The summed E-state index contributed by atoms with van der Waals surface area (Å²) in [6, 6.07) is 0. The first kappa shape index (κ1) is 58.4. The van der Waals surface area contributed by atoms with E-state index in [4.69, 9.17) is 14.2 Å². The molecule has 61 heavy (non-hydrogen) atoms. The minimum absolute atomic E-state index is 0.0798. The van der Waals surface area contributed by atoms with Gasteiger partial charge in [-0.05, 0) is 64.2 Å². The summed E-state index contributed by atoms with van der Waals surface area (Å²) < 4.78 is 16.8. The van der Waals surface area contributed by atoms with Gasteiger partial charge in [-0.3, -0.25) is 14.4 Å². The van der Waals surface area contributed by atoms with Crippen LogP contribution < -0.4 is 0 Å². The van der Waals surface area contributed by atoms with Crippen LogP contribution >= 0.6 is 0 Å². The number of carbonyl (C=O) groups excluding carboxylic acids is 3. The molecule has 0 bridgehead atoms. The molecule has 1 atom stereocenters. The van der Waals surface area contributed by atoms with E-state index in [1.54, 1.807) is 0 Å². The molecule has 0 aliphatic rings. The first-order valence-corrected chi connectivity index (χ1v) is 26.2. The fraction of sp³-hybridized carbons (Fsp3) is 0.800. The summed E-state index contributed by atoms with van der Waals surface area (Å²) in [7, 11) is 0. The number of esters is 3. The zero-order valence-electron chi connectivity index (χ0n) is 40.4. The minimum atomic E-state index is -0.779. The largest absolute Gasteiger partial charge is 0.462 e. The molecule has 354 valence electrons. The second kappa shape index (κ2) is 50.0. The first-order valence-electron chi connectivity index (χ1n) is 26.2. The van der Waals surface area contributed by atoms with Crippen LogP contribution in [0.4, 0.5) is 0 Å². The molecule has 0 aliphatic heterocycles. The zero-order valence-corrected chi connectivity index (χ0v) is 40.4. The normalized spacial score (nSPS) is 12.4. The lowest BCUT2D eigenvalue weighted by molar-refractivity contribution is -0.167. The number of carbonyl (C=O) groups is 3. The van der Waals surface area contributed by atoms with Crippen molar-refractivity contribution in [3.63, 3.8) is 0 Å². The summed E-state index contributed by atoms with van der Waals surface area (Å²) in [5.41, 5.74) is 0. The SMILES string of the molecule is CC/C=C/C=C/C=C/CCCCCCCC(=O)OCC(COC(=O)CCCCCCCCC/C=C/CCCCCC)OC(=O)CCCCCCCCCCCCCCCCC. The lowest BCUT2D eigenvalue weighted by Gasteiger charge is -2.18. The Morgan fingerprint density at radius 2 is 0.656 bits per heavy atom. The maximum absolute atomic E-state index is 12.8. The van der Waals surface area contributed by atoms with Gasteiger partial charge in [-0.1, -0.05) is 230 Å². The van der Waals surface area contributed by atoms with Crippen molar-refractivity contribution in [1.82, 2.24) is 0 Å². The molecular weight excluding hydrogens is 757 g/mol. The summed E-state index contributed by atoms with van der Waals surface area (Å²) in [6.45, 7) is 6.49. The molecule has 6 heteroatoms. The van der Waals surface area contributed by atoms with Gasteiger partial charge in [-0.25, -0.2) is 0 Å². The average molecular weight is 855 g/mol. The van der Waals surface area contributed by atoms with Gasteiger partial charge in [0.25, 0.3) is 0 Å². The lowest BCUT2D eigenvalue weighted by Crippen LogP contribution is -2.30. The summed E-state index contributed by atoms with van der Waals surface area (Å²) >= 11 is 0. The molecule has 0 aliphatic carbocycles. The third-order valence-electron chi connectivity index (χ3n) is 11.4. The fourth-order valence-corrected chi connectivity index (χ4v) is 7.44. The van der Waals surface area contributed by atoms with Crippen molar-refractivity contribution < 1.29 is 28.6 Å². The van der Waals surface area contributed by atoms with Crippen molar-refractivity contribution in [3.8, 4) is 0 Å². The molecule has 0 fully saturated rings. The molecule has 0 saturated carbocycles. The second-order valence-corrected chi connectivity index (χ2v) is 17.5. The molecule has 0 heterocycles. The van der Waals surface area contributed by atoms with Gasteiger partial charge in [0.1, 0.15) is 13.2 Å². The molecule has 0 rings (SSSR count). The summed E-state index contributed by atoms with van der Waals surface area (Å²) in [4.78, 5) is 38.0. The van der Waals surface area contributed by atoms with E-state index < -0.39 is 6.10 Å². The molecule has 0 aromatic heterocycles. The Morgan fingerprint density at radius 1 is 0.344 bits per heavy atom. The van der Waals surface area contributed by atoms with E-state index in [9.17, 15) is 14.4 Å². The van der Waals surface area contributed by atoms with Crippen LogP contribution in [0.15, 0.2) is 48.6 Å². The van der Waals surface area contributed by atoms with Crippen molar-refractivity contribution in [1.29, 1.82) is 0 Å². The number of hydrogen-bond acceptors (Lipinski definition) is 6. The van der Waals surface area contributed by atoms with Crippen LogP contribution in [0, 0.1) is 0 Å². The minimum Gasteiger partial charge on any atom is -0.462 e. The molecule has 0 amide bonds. The number of allylic oxidation sites excluding steroid dienone is 8. The maximum atomic E-state index is 12.8. The molecule has 0 N–H and O–H groups in total. The smallest absolute Gasteiger partial charge is 0.306 e. The van der Waals surface area contributed by atoms with Crippen LogP contribution in [0.3, 0.4) is 0 Å². The average Bonchev–Trinajstić information content (AvgIpc) is 3.26. The van der Waals surface area contributed by atoms with Gasteiger partial charge < -0.3 is 14.2 Å².